The van der Waals surface area contributed by atoms with Crippen molar-refractivity contribution in [2.24, 2.45) is 0 Å². The van der Waals surface area contributed by atoms with Crippen LogP contribution in [0.1, 0.15) is 5.56 Å². The van der Waals surface area contributed by atoms with Crippen LogP contribution < -0.4 is 5.73 Å². The summed E-state index contributed by atoms with van der Waals surface area (Å²) in [6.45, 7) is 1.62. The van der Waals surface area contributed by atoms with Gasteiger partial charge in [-0.3, -0.25) is 0 Å². The molecule has 2 aromatic rings. The van der Waals surface area contributed by atoms with Gasteiger partial charge < -0.3 is 5.73 Å². The second-order valence-corrected chi connectivity index (χ2v) is 4.31. The highest BCUT2D eigenvalue weighted by atomic mass is 79.9. The average molecular weight is 300 g/mol. The van der Waals surface area contributed by atoms with Crippen LogP contribution in [-0.2, 0) is 0 Å². The summed E-state index contributed by atoms with van der Waals surface area (Å²) in [5.74, 6) is -1.19. The van der Waals surface area contributed by atoms with Crippen LogP contribution in [0.15, 0.2) is 22.9 Å². The van der Waals surface area contributed by atoms with E-state index in [1.807, 2.05) is 0 Å². The first kappa shape index (κ1) is 11.9. The van der Waals surface area contributed by atoms with Crippen molar-refractivity contribution in [1.29, 1.82) is 0 Å². The molecule has 1 aromatic carbocycles. The maximum absolute atomic E-state index is 13.9. The predicted molar refractivity (Wildman–Crippen MR) is 64.2 cm³/mol. The van der Waals surface area contributed by atoms with E-state index in [9.17, 15) is 8.78 Å². The molecule has 0 aliphatic carbocycles. The van der Waals surface area contributed by atoms with E-state index in [2.05, 4.69) is 25.9 Å². The van der Waals surface area contributed by atoms with Gasteiger partial charge in [0.15, 0.2) is 0 Å². The van der Waals surface area contributed by atoms with Gasteiger partial charge in [0.1, 0.15) is 23.8 Å². The molecule has 2 N–H and O–H groups in total. The molecule has 0 aliphatic rings. The summed E-state index contributed by atoms with van der Waals surface area (Å²) in [7, 11) is 0. The zero-order valence-corrected chi connectivity index (χ0v) is 10.4. The Hall–Kier alpha value is -1.56. The van der Waals surface area contributed by atoms with Gasteiger partial charge in [0.25, 0.3) is 0 Å². The van der Waals surface area contributed by atoms with Gasteiger partial charge >= 0.3 is 0 Å². The fourth-order valence-corrected chi connectivity index (χ4v) is 1.79. The van der Waals surface area contributed by atoms with E-state index in [4.69, 9.17) is 5.73 Å². The Labute approximate surface area is 105 Å². The molecule has 0 fully saturated rings. The molecule has 88 valence electrons. The number of benzene rings is 1. The summed E-state index contributed by atoms with van der Waals surface area (Å²) in [6, 6.07) is 2.47. The number of aromatic nitrogens is 2. The molecule has 0 amide bonds. The fourth-order valence-electron chi connectivity index (χ4n) is 1.46. The Morgan fingerprint density at radius 3 is 2.65 bits per heavy atom. The van der Waals surface area contributed by atoms with Crippen LogP contribution in [0, 0.1) is 18.6 Å². The maximum Gasteiger partial charge on any atom is 0.149 e. The molecule has 0 radical (unpaired) electrons. The molecule has 0 unspecified atom stereocenters. The highest BCUT2D eigenvalue weighted by Crippen LogP contribution is 2.32. The number of hydrogen-bond donors (Lipinski definition) is 1. The number of nitrogen functional groups attached to an aromatic ring is 1. The van der Waals surface area contributed by atoms with Crippen molar-refractivity contribution < 1.29 is 8.78 Å². The van der Waals surface area contributed by atoms with Gasteiger partial charge in [0.05, 0.1) is 15.7 Å². The Bertz CT molecular complexity index is 587. The van der Waals surface area contributed by atoms with Gasteiger partial charge in [-0.1, -0.05) is 0 Å². The highest BCUT2D eigenvalue weighted by molar-refractivity contribution is 9.10. The minimum Gasteiger partial charge on any atom is -0.383 e. The Balaban J connectivity index is 2.77. The predicted octanol–water partition coefficient (Wildman–Crippen LogP) is 3.07. The topological polar surface area (TPSA) is 51.8 Å². The molecule has 0 saturated carbocycles. The molecule has 0 spiro atoms. The molecule has 0 aliphatic heterocycles. The van der Waals surface area contributed by atoms with E-state index in [1.54, 1.807) is 6.92 Å². The molecule has 1 aromatic heterocycles. The Morgan fingerprint density at radius 1 is 1.24 bits per heavy atom. The SMILES string of the molecule is Cc1c(N)ncnc1-c1c(F)ccc(Br)c1F. The van der Waals surface area contributed by atoms with Crippen LogP contribution in [0.4, 0.5) is 14.6 Å². The normalized spacial score (nSPS) is 10.6. The lowest BCUT2D eigenvalue weighted by Crippen LogP contribution is -2.01. The second kappa shape index (κ2) is 4.37. The maximum atomic E-state index is 13.9. The number of anilines is 1. The first-order valence-corrected chi connectivity index (χ1v) is 5.52. The van der Waals surface area contributed by atoms with Crippen molar-refractivity contribution in [3.63, 3.8) is 0 Å². The third-order valence-electron chi connectivity index (χ3n) is 2.40. The molecule has 0 saturated heterocycles. The first-order chi connectivity index (χ1) is 8.02. The van der Waals surface area contributed by atoms with Crippen LogP contribution in [0.5, 0.6) is 0 Å². The number of halogens is 3. The summed E-state index contributed by atoms with van der Waals surface area (Å²) < 4.78 is 27.7. The summed E-state index contributed by atoms with van der Waals surface area (Å²) >= 11 is 3.00. The monoisotopic (exact) mass is 299 g/mol. The van der Waals surface area contributed by atoms with Gasteiger partial charge in [0.2, 0.25) is 0 Å². The molecular formula is C11H8BrF2N3. The van der Waals surface area contributed by atoms with E-state index >= 15 is 0 Å². The number of nitrogens with two attached hydrogens (primary N) is 1. The lowest BCUT2D eigenvalue weighted by molar-refractivity contribution is 0.584. The summed E-state index contributed by atoms with van der Waals surface area (Å²) in [5.41, 5.74) is 5.99. The van der Waals surface area contributed by atoms with Crippen molar-refractivity contribution in [3.05, 3.63) is 40.1 Å². The van der Waals surface area contributed by atoms with Crippen LogP contribution in [0.3, 0.4) is 0 Å². The van der Waals surface area contributed by atoms with Crippen molar-refractivity contribution in [2.45, 2.75) is 6.92 Å². The first-order valence-electron chi connectivity index (χ1n) is 4.73. The fraction of sp³-hybridized carbons (Fsp3) is 0.0909. The molecule has 3 nitrogen and oxygen atoms in total. The smallest absolute Gasteiger partial charge is 0.149 e. The molecule has 0 atom stereocenters. The summed E-state index contributed by atoms with van der Waals surface area (Å²) in [6.07, 6.45) is 1.18. The third-order valence-corrected chi connectivity index (χ3v) is 3.02. The van der Waals surface area contributed by atoms with Crippen molar-refractivity contribution in [1.82, 2.24) is 9.97 Å². The largest absolute Gasteiger partial charge is 0.383 e. The zero-order chi connectivity index (χ0) is 12.6. The standard InChI is InChI=1S/C11H8BrF2N3/c1-5-10(16-4-17-11(5)15)8-7(13)3-2-6(12)9(8)14/h2-4H,1H3,(H2,15,16,17). The van der Waals surface area contributed by atoms with E-state index in [-0.39, 0.29) is 21.5 Å². The quantitative estimate of drug-likeness (QED) is 0.823. The lowest BCUT2D eigenvalue weighted by atomic mass is 10.1. The number of nitrogens with zero attached hydrogens (tertiary/aromatic N) is 2. The molecule has 2 rings (SSSR count). The molecular weight excluding hydrogens is 292 g/mol. The number of rotatable bonds is 1. The minimum atomic E-state index is -0.703. The van der Waals surface area contributed by atoms with Gasteiger partial charge in [-0.25, -0.2) is 18.7 Å². The van der Waals surface area contributed by atoms with Crippen molar-refractivity contribution >= 4 is 21.7 Å². The zero-order valence-electron chi connectivity index (χ0n) is 8.84. The highest BCUT2D eigenvalue weighted by Gasteiger charge is 2.18. The van der Waals surface area contributed by atoms with Crippen molar-refractivity contribution in [2.75, 3.05) is 5.73 Å². The minimum absolute atomic E-state index is 0.161. The Morgan fingerprint density at radius 2 is 1.94 bits per heavy atom. The van der Waals surface area contributed by atoms with E-state index < -0.39 is 11.6 Å². The van der Waals surface area contributed by atoms with Crippen molar-refractivity contribution in [3.8, 4) is 11.3 Å². The van der Waals surface area contributed by atoms with Crippen LogP contribution in [-0.4, -0.2) is 9.97 Å². The Kier molecular flexibility index (Phi) is 3.06. The van der Waals surface area contributed by atoms with E-state index in [0.717, 1.165) is 0 Å². The second-order valence-electron chi connectivity index (χ2n) is 3.45. The van der Waals surface area contributed by atoms with Gasteiger partial charge in [-0.2, -0.15) is 0 Å². The molecule has 6 heteroatoms. The van der Waals surface area contributed by atoms with E-state index in [1.165, 1.54) is 18.5 Å². The van der Waals surface area contributed by atoms with Crippen LogP contribution >= 0.6 is 15.9 Å². The van der Waals surface area contributed by atoms with Gasteiger partial charge in [-0.15, -0.1) is 0 Å². The lowest BCUT2D eigenvalue weighted by Gasteiger charge is -2.09. The van der Waals surface area contributed by atoms with Gasteiger partial charge in [0, 0.05) is 5.56 Å². The molecule has 17 heavy (non-hydrogen) atoms. The molecule has 1 heterocycles. The average Bonchev–Trinajstić information content (AvgIpc) is 2.30. The summed E-state index contributed by atoms with van der Waals surface area (Å²) in [4.78, 5) is 7.64. The number of hydrogen-bond acceptors (Lipinski definition) is 3. The third kappa shape index (κ3) is 2.00. The van der Waals surface area contributed by atoms with Crippen LogP contribution in [0.2, 0.25) is 0 Å². The van der Waals surface area contributed by atoms with Crippen LogP contribution in [0.25, 0.3) is 11.3 Å². The van der Waals surface area contributed by atoms with E-state index in [0.29, 0.717) is 5.56 Å². The van der Waals surface area contributed by atoms with Gasteiger partial charge in [-0.05, 0) is 35.0 Å². The molecule has 0 bridgehead atoms. The summed E-state index contributed by atoms with van der Waals surface area (Å²) in [5, 5.41) is 0.